The minimum atomic E-state index is 0.661. The van der Waals surface area contributed by atoms with E-state index in [1.165, 1.54) is 5.56 Å². The molecule has 0 aromatic heterocycles. The highest BCUT2D eigenvalue weighted by Crippen LogP contribution is 2.20. The number of nitrogens with one attached hydrogen (secondary N) is 1. The molecule has 1 saturated heterocycles. The molecule has 5 heteroatoms. The molecule has 4 nitrogen and oxygen atoms in total. The number of halogens is 1. The Kier molecular flexibility index (Phi) is 5.41. The number of hydroxylamine groups is 1. The van der Waals surface area contributed by atoms with E-state index in [0.717, 1.165) is 43.4 Å². The molecule has 100 valence electrons. The number of ether oxygens (including phenoxy) is 1. The van der Waals surface area contributed by atoms with Crippen LogP contribution in [0.4, 0.5) is 0 Å². The van der Waals surface area contributed by atoms with Crippen molar-refractivity contribution in [1.82, 2.24) is 10.4 Å². The molecule has 0 spiro atoms. The van der Waals surface area contributed by atoms with Crippen molar-refractivity contribution in [3.63, 3.8) is 0 Å². The zero-order valence-electron chi connectivity index (χ0n) is 10.6. The molecule has 1 aromatic carbocycles. The van der Waals surface area contributed by atoms with E-state index in [9.17, 15) is 0 Å². The third kappa shape index (κ3) is 3.93. The van der Waals surface area contributed by atoms with Gasteiger partial charge in [-0.15, -0.1) is 0 Å². The lowest BCUT2D eigenvalue weighted by molar-refractivity contribution is 0.0342. The van der Waals surface area contributed by atoms with Crippen LogP contribution in [0.5, 0.6) is 0 Å². The predicted molar refractivity (Wildman–Crippen MR) is 71.4 cm³/mol. The Morgan fingerprint density at radius 1 is 1.39 bits per heavy atom. The van der Waals surface area contributed by atoms with Crippen molar-refractivity contribution in [3.8, 4) is 0 Å². The summed E-state index contributed by atoms with van der Waals surface area (Å²) in [5.41, 5.74) is 5.09. The second-order valence-electron chi connectivity index (χ2n) is 4.34. The summed E-state index contributed by atoms with van der Waals surface area (Å²) in [5.74, 6) is 0. The molecule has 1 heterocycles. The average molecular weight is 271 g/mol. The standard InChI is InChI=1S/C13H19ClN2O2/c1-17-15-9-11-2-3-12(13(14)8-11)10-16-4-6-18-7-5-16/h2-3,8,15H,4-7,9-10H2,1H3. The summed E-state index contributed by atoms with van der Waals surface area (Å²) < 4.78 is 5.33. The molecular weight excluding hydrogens is 252 g/mol. The van der Waals surface area contributed by atoms with Gasteiger partial charge >= 0.3 is 0 Å². The van der Waals surface area contributed by atoms with Crippen molar-refractivity contribution < 1.29 is 9.57 Å². The number of nitrogens with zero attached hydrogens (tertiary/aromatic N) is 1. The highest BCUT2D eigenvalue weighted by atomic mass is 35.5. The van der Waals surface area contributed by atoms with Crippen LogP contribution in [0.3, 0.4) is 0 Å². The summed E-state index contributed by atoms with van der Waals surface area (Å²) in [6.45, 7) is 5.13. The predicted octanol–water partition coefficient (Wildman–Crippen LogP) is 1.82. The van der Waals surface area contributed by atoms with E-state index in [1.807, 2.05) is 6.07 Å². The van der Waals surface area contributed by atoms with Crippen LogP contribution in [0.2, 0.25) is 5.02 Å². The maximum absolute atomic E-state index is 6.30. The fourth-order valence-corrected chi connectivity index (χ4v) is 2.25. The van der Waals surface area contributed by atoms with Crippen molar-refractivity contribution in [1.29, 1.82) is 0 Å². The van der Waals surface area contributed by atoms with E-state index < -0.39 is 0 Å². The summed E-state index contributed by atoms with van der Waals surface area (Å²) in [7, 11) is 1.61. The Morgan fingerprint density at radius 2 is 2.17 bits per heavy atom. The van der Waals surface area contributed by atoms with Gasteiger partial charge in [-0.1, -0.05) is 23.7 Å². The quantitative estimate of drug-likeness (QED) is 0.828. The largest absolute Gasteiger partial charge is 0.379 e. The lowest BCUT2D eigenvalue weighted by Gasteiger charge is -2.27. The van der Waals surface area contributed by atoms with Crippen molar-refractivity contribution in [3.05, 3.63) is 34.3 Å². The first-order valence-corrected chi connectivity index (χ1v) is 6.50. The van der Waals surface area contributed by atoms with Crippen LogP contribution in [-0.4, -0.2) is 38.3 Å². The van der Waals surface area contributed by atoms with Crippen LogP contribution in [-0.2, 0) is 22.7 Å². The molecule has 18 heavy (non-hydrogen) atoms. The number of benzene rings is 1. The third-order valence-electron chi connectivity index (χ3n) is 3.04. The van der Waals surface area contributed by atoms with Gasteiger partial charge in [0.2, 0.25) is 0 Å². The van der Waals surface area contributed by atoms with Gasteiger partial charge in [0.1, 0.15) is 0 Å². The monoisotopic (exact) mass is 270 g/mol. The first-order valence-electron chi connectivity index (χ1n) is 6.13. The molecule has 0 amide bonds. The minimum absolute atomic E-state index is 0.661. The Hall–Kier alpha value is -0.650. The highest BCUT2D eigenvalue weighted by molar-refractivity contribution is 6.31. The van der Waals surface area contributed by atoms with E-state index >= 15 is 0 Å². The van der Waals surface area contributed by atoms with E-state index in [0.29, 0.717) is 6.54 Å². The van der Waals surface area contributed by atoms with Crippen LogP contribution in [0, 0.1) is 0 Å². The molecule has 1 aliphatic heterocycles. The second-order valence-corrected chi connectivity index (χ2v) is 4.75. The SMILES string of the molecule is CONCc1ccc(CN2CCOCC2)c(Cl)c1. The van der Waals surface area contributed by atoms with Gasteiger partial charge in [-0.25, -0.2) is 0 Å². The molecule has 2 rings (SSSR count). The van der Waals surface area contributed by atoms with Gasteiger partial charge < -0.3 is 9.57 Å². The molecule has 1 aromatic rings. The molecule has 0 atom stereocenters. The molecule has 0 unspecified atom stereocenters. The first kappa shape index (κ1) is 13.8. The van der Waals surface area contributed by atoms with Crippen LogP contribution < -0.4 is 5.48 Å². The Bertz CT molecular complexity index is 381. The number of hydrogen-bond acceptors (Lipinski definition) is 4. The van der Waals surface area contributed by atoms with Crippen molar-refractivity contribution in [2.24, 2.45) is 0 Å². The Balaban J connectivity index is 1.95. The Morgan fingerprint density at radius 3 is 2.83 bits per heavy atom. The second kappa shape index (κ2) is 7.07. The van der Waals surface area contributed by atoms with Gasteiger partial charge in [0.25, 0.3) is 0 Å². The molecule has 0 saturated carbocycles. The summed E-state index contributed by atoms with van der Waals surface area (Å²) in [4.78, 5) is 7.18. The van der Waals surface area contributed by atoms with E-state index in [2.05, 4.69) is 22.5 Å². The maximum Gasteiger partial charge on any atom is 0.0594 e. The number of morpholine rings is 1. The topological polar surface area (TPSA) is 33.7 Å². The molecular formula is C13H19ClN2O2. The number of hydrogen-bond donors (Lipinski definition) is 1. The van der Waals surface area contributed by atoms with Gasteiger partial charge in [0, 0.05) is 31.2 Å². The fourth-order valence-electron chi connectivity index (χ4n) is 1.98. The lowest BCUT2D eigenvalue weighted by Crippen LogP contribution is -2.35. The summed E-state index contributed by atoms with van der Waals surface area (Å²) in [6, 6.07) is 6.15. The molecule has 1 N–H and O–H groups in total. The maximum atomic E-state index is 6.30. The smallest absolute Gasteiger partial charge is 0.0594 e. The molecule has 0 aliphatic carbocycles. The van der Waals surface area contributed by atoms with Crippen molar-refractivity contribution in [2.45, 2.75) is 13.1 Å². The van der Waals surface area contributed by atoms with Crippen molar-refractivity contribution in [2.75, 3.05) is 33.4 Å². The van der Waals surface area contributed by atoms with Gasteiger partial charge in [0.05, 0.1) is 20.3 Å². The number of rotatable bonds is 5. The average Bonchev–Trinajstić information content (AvgIpc) is 2.40. The van der Waals surface area contributed by atoms with Gasteiger partial charge in [0.15, 0.2) is 0 Å². The van der Waals surface area contributed by atoms with Gasteiger partial charge in [-0.2, -0.15) is 5.48 Å². The van der Waals surface area contributed by atoms with E-state index in [4.69, 9.17) is 21.2 Å². The minimum Gasteiger partial charge on any atom is -0.379 e. The summed E-state index contributed by atoms with van der Waals surface area (Å²) >= 11 is 6.30. The third-order valence-corrected chi connectivity index (χ3v) is 3.39. The zero-order chi connectivity index (χ0) is 12.8. The van der Waals surface area contributed by atoms with E-state index in [-0.39, 0.29) is 0 Å². The molecule has 0 radical (unpaired) electrons. The van der Waals surface area contributed by atoms with Crippen LogP contribution in [0.1, 0.15) is 11.1 Å². The zero-order valence-corrected chi connectivity index (χ0v) is 11.4. The molecule has 1 fully saturated rings. The van der Waals surface area contributed by atoms with Crippen LogP contribution in [0.25, 0.3) is 0 Å². The first-order chi connectivity index (χ1) is 8.79. The summed E-state index contributed by atoms with van der Waals surface area (Å²) in [5, 5.41) is 0.817. The summed E-state index contributed by atoms with van der Waals surface area (Å²) in [6.07, 6.45) is 0. The fraction of sp³-hybridized carbons (Fsp3) is 0.538. The lowest BCUT2D eigenvalue weighted by atomic mass is 10.1. The van der Waals surface area contributed by atoms with Gasteiger partial charge in [-0.05, 0) is 17.2 Å². The van der Waals surface area contributed by atoms with Crippen molar-refractivity contribution >= 4 is 11.6 Å². The Labute approximate surface area is 113 Å². The molecule has 1 aliphatic rings. The van der Waals surface area contributed by atoms with Gasteiger partial charge in [-0.3, -0.25) is 4.90 Å². The van der Waals surface area contributed by atoms with Crippen LogP contribution >= 0.6 is 11.6 Å². The normalized spacial score (nSPS) is 17.0. The highest BCUT2D eigenvalue weighted by Gasteiger charge is 2.12. The molecule has 0 bridgehead atoms. The van der Waals surface area contributed by atoms with E-state index in [1.54, 1.807) is 7.11 Å². The van der Waals surface area contributed by atoms with Crippen LogP contribution in [0.15, 0.2) is 18.2 Å².